The van der Waals surface area contributed by atoms with Crippen LogP contribution in [0.1, 0.15) is 71.5 Å². The zero-order valence-corrected chi connectivity index (χ0v) is 18.2. The number of carbonyl (C=O) groups is 4. The maximum atomic E-state index is 13.5. The monoisotopic (exact) mass is 468 g/mol. The number of amides is 1. The largest absolute Gasteiger partial charge is 0.507 e. The fourth-order valence-electron chi connectivity index (χ4n) is 5.06. The molecule has 1 atom stereocenters. The van der Waals surface area contributed by atoms with Gasteiger partial charge in [0.15, 0.2) is 17.2 Å². The zero-order chi connectivity index (χ0) is 24.8. The fraction of sp³-hybridized carbons (Fsp3) is 0.115. The van der Waals surface area contributed by atoms with Crippen molar-refractivity contribution in [2.75, 3.05) is 0 Å². The van der Waals surface area contributed by atoms with Crippen molar-refractivity contribution in [1.82, 2.24) is 0 Å². The molecule has 35 heavy (non-hydrogen) atoms. The number of phenolic OH excluding ortho intramolecular Hbond substituents is 2. The van der Waals surface area contributed by atoms with E-state index in [1.165, 1.54) is 42.5 Å². The zero-order valence-electron chi connectivity index (χ0n) is 18.2. The Bertz CT molecular complexity index is 1620. The molecule has 0 aromatic heterocycles. The number of ether oxygens (including phenoxy) is 1. The Hall–Kier alpha value is -4.79. The second-order valence-electron chi connectivity index (χ2n) is 8.87. The van der Waals surface area contributed by atoms with Gasteiger partial charge < -0.3 is 20.7 Å². The van der Waals surface area contributed by atoms with Gasteiger partial charge in [-0.25, -0.2) is 4.99 Å². The van der Waals surface area contributed by atoms with E-state index < -0.39 is 40.4 Å². The minimum Gasteiger partial charge on any atom is -0.507 e. The minimum atomic E-state index is -1.22. The van der Waals surface area contributed by atoms with Crippen molar-refractivity contribution < 1.29 is 34.1 Å². The SMILES string of the molecule is C[C@]12CC(=O)c3c(cc(O)c4c3C(=O)c3cccc(O)c3C4=O)C1=Nc1cc(C(N)=O)ccc1O2. The molecule has 172 valence electrons. The van der Waals surface area contributed by atoms with E-state index in [9.17, 15) is 29.4 Å². The van der Waals surface area contributed by atoms with Crippen LogP contribution in [0.2, 0.25) is 0 Å². The van der Waals surface area contributed by atoms with Crippen LogP contribution < -0.4 is 10.5 Å². The number of benzene rings is 3. The number of aliphatic imine (C=N–C) groups is 1. The quantitative estimate of drug-likeness (QED) is 0.388. The third kappa shape index (κ3) is 2.66. The summed E-state index contributed by atoms with van der Waals surface area (Å²) in [5, 5.41) is 21.1. The van der Waals surface area contributed by atoms with Crippen LogP contribution >= 0.6 is 0 Å². The van der Waals surface area contributed by atoms with E-state index in [-0.39, 0.29) is 51.1 Å². The average Bonchev–Trinajstić information content (AvgIpc) is 2.80. The Morgan fingerprint density at radius 2 is 1.71 bits per heavy atom. The molecule has 2 aliphatic carbocycles. The Morgan fingerprint density at radius 3 is 2.46 bits per heavy atom. The Balaban J connectivity index is 1.64. The molecule has 0 unspecified atom stereocenters. The van der Waals surface area contributed by atoms with Crippen LogP contribution in [0, 0.1) is 0 Å². The molecule has 1 amide bonds. The molecule has 6 rings (SSSR count). The minimum absolute atomic E-state index is 0.0422. The van der Waals surface area contributed by atoms with Gasteiger partial charge in [-0.05, 0) is 37.3 Å². The smallest absolute Gasteiger partial charge is 0.248 e. The van der Waals surface area contributed by atoms with Crippen LogP contribution in [-0.4, -0.2) is 44.8 Å². The fourth-order valence-corrected chi connectivity index (χ4v) is 5.06. The van der Waals surface area contributed by atoms with Crippen LogP contribution in [0.25, 0.3) is 0 Å². The highest BCUT2D eigenvalue weighted by Gasteiger charge is 2.49. The number of primary amides is 1. The van der Waals surface area contributed by atoms with Crippen molar-refractivity contribution in [1.29, 1.82) is 0 Å². The lowest BCUT2D eigenvalue weighted by atomic mass is 9.71. The third-order valence-electron chi connectivity index (χ3n) is 6.62. The van der Waals surface area contributed by atoms with Gasteiger partial charge in [0.25, 0.3) is 0 Å². The second-order valence-corrected chi connectivity index (χ2v) is 8.87. The topological polar surface area (TPSA) is 156 Å². The molecule has 3 aromatic rings. The number of fused-ring (bicyclic) bond motifs is 7. The van der Waals surface area contributed by atoms with Crippen molar-refractivity contribution in [2.24, 2.45) is 10.7 Å². The molecule has 9 nitrogen and oxygen atoms in total. The summed E-state index contributed by atoms with van der Waals surface area (Å²) < 4.78 is 6.12. The molecule has 1 aliphatic heterocycles. The van der Waals surface area contributed by atoms with Gasteiger partial charge in [-0.15, -0.1) is 0 Å². The summed E-state index contributed by atoms with van der Waals surface area (Å²) in [7, 11) is 0. The van der Waals surface area contributed by atoms with Crippen LogP contribution in [-0.2, 0) is 0 Å². The lowest BCUT2D eigenvalue weighted by Crippen LogP contribution is -2.49. The first-order valence-corrected chi connectivity index (χ1v) is 10.7. The van der Waals surface area contributed by atoms with E-state index >= 15 is 0 Å². The second kappa shape index (κ2) is 6.63. The van der Waals surface area contributed by atoms with Crippen LogP contribution in [0.5, 0.6) is 17.2 Å². The number of rotatable bonds is 1. The maximum absolute atomic E-state index is 13.5. The van der Waals surface area contributed by atoms with Gasteiger partial charge in [0.1, 0.15) is 22.9 Å². The van der Waals surface area contributed by atoms with Crippen molar-refractivity contribution in [3.8, 4) is 17.2 Å². The molecule has 0 radical (unpaired) electrons. The summed E-state index contributed by atoms with van der Waals surface area (Å²) in [6.45, 7) is 1.66. The average molecular weight is 468 g/mol. The van der Waals surface area contributed by atoms with E-state index in [1.54, 1.807) is 6.92 Å². The number of ketones is 3. The van der Waals surface area contributed by atoms with Crippen LogP contribution in [0.3, 0.4) is 0 Å². The number of nitrogens with zero attached hydrogens (tertiary/aromatic N) is 1. The van der Waals surface area contributed by atoms with Crippen LogP contribution in [0.4, 0.5) is 5.69 Å². The number of phenols is 2. The van der Waals surface area contributed by atoms with E-state index in [1.807, 2.05) is 0 Å². The summed E-state index contributed by atoms with van der Waals surface area (Å²) in [6, 6.07) is 9.77. The highest BCUT2D eigenvalue weighted by atomic mass is 16.5. The lowest BCUT2D eigenvalue weighted by molar-refractivity contribution is 0.0829. The molecule has 0 saturated heterocycles. The molecule has 4 N–H and O–H groups in total. The van der Waals surface area contributed by atoms with Gasteiger partial charge in [0.05, 0.1) is 23.3 Å². The third-order valence-corrected chi connectivity index (χ3v) is 6.62. The maximum Gasteiger partial charge on any atom is 0.248 e. The van der Waals surface area contributed by atoms with Gasteiger partial charge in [-0.1, -0.05) is 12.1 Å². The predicted octanol–water partition coefficient (Wildman–Crippen LogP) is 2.83. The molecule has 1 heterocycles. The number of aromatic hydroxyl groups is 2. The van der Waals surface area contributed by atoms with E-state index in [0.29, 0.717) is 11.4 Å². The van der Waals surface area contributed by atoms with Crippen molar-refractivity contribution in [2.45, 2.75) is 18.9 Å². The normalized spacial score (nSPS) is 19.5. The molecule has 0 saturated carbocycles. The van der Waals surface area contributed by atoms with Crippen molar-refractivity contribution in [3.05, 3.63) is 81.4 Å². The first kappa shape index (κ1) is 20.8. The van der Waals surface area contributed by atoms with Gasteiger partial charge in [-0.3, -0.25) is 19.2 Å². The highest BCUT2D eigenvalue weighted by Crippen LogP contribution is 2.47. The first-order chi connectivity index (χ1) is 16.6. The molecule has 3 aromatic carbocycles. The summed E-state index contributed by atoms with van der Waals surface area (Å²) >= 11 is 0. The van der Waals surface area contributed by atoms with Gasteiger partial charge in [0.2, 0.25) is 11.7 Å². The van der Waals surface area contributed by atoms with Crippen molar-refractivity contribution in [3.63, 3.8) is 0 Å². The Morgan fingerprint density at radius 1 is 0.943 bits per heavy atom. The summed E-state index contributed by atoms with van der Waals surface area (Å²) in [4.78, 5) is 56.4. The Labute approximate surface area is 197 Å². The summed E-state index contributed by atoms with van der Waals surface area (Å²) in [5.74, 6) is -3.11. The molecular formula is C26H16N2O7. The number of carbonyl (C=O) groups excluding carboxylic acids is 4. The predicted molar refractivity (Wildman–Crippen MR) is 122 cm³/mol. The lowest BCUT2D eigenvalue weighted by Gasteiger charge is -2.40. The van der Waals surface area contributed by atoms with E-state index in [4.69, 9.17) is 10.5 Å². The van der Waals surface area contributed by atoms with E-state index in [2.05, 4.69) is 4.99 Å². The number of nitrogens with two attached hydrogens (primary N) is 1. The van der Waals surface area contributed by atoms with Gasteiger partial charge >= 0.3 is 0 Å². The first-order valence-electron chi connectivity index (χ1n) is 10.7. The standard InChI is InChI=1S/C26H16N2O7/c1-26-9-16(31)18-12(24(26)28-13-7-10(25(27)34)5-6-17(13)35-26)8-15(30)20-21(18)22(32)11-3-2-4-14(29)19(11)23(20)33/h2-8,29-30H,9H2,1H3,(H2,27,34)/t26-/m0/s1. The highest BCUT2D eigenvalue weighted by molar-refractivity contribution is 6.35. The summed E-state index contributed by atoms with van der Waals surface area (Å²) in [6.07, 6.45) is -0.179. The molecule has 0 bridgehead atoms. The number of hydrogen-bond donors (Lipinski definition) is 3. The number of hydrogen-bond acceptors (Lipinski definition) is 8. The molecule has 9 heteroatoms. The Kier molecular flexibility index (Phi) is 3.94. The molecule has 0 spiro atoms. The van der Waals surface area contributed by atoms with Gasteiger partial charge in [-0.2, -0.15) is 0 Å². The van der Waals surface area contributed by atoms with Gasteiger partial charge in [0, 0.05) is 27.8 Å². The number of Topliss-reactive ketones (excluding diaryl/α,β-unsaturated/α-hetero) is 1. The molecule has 3 aliphatic rings. The molecular weight excluding hydrogens is 452 g/mol. The van der Waals surface area contributed by atoms with Crippen LogP contribution in [0.15, 0.2) is 47.5 Å². The van der Waals surface area contributed by atoms with E-state index in [0.717, 1.165) is 0 Å². The van der Waals surface area contributed by atoms with Crippen molar-refractivity contribution >= 4 is 34.7 Å². The molecule has 0 fully saturated rings. The summed E-state index contributed by atoms with van der Waals surface area (Å²) in [5.41, 5.74) is 4.19.